The van der Waals surface area contributed by atoms with E-state index < -0.39 is 27.7 Å². The number of benzene rings is 2. The van der Waals surface area contributed by atoms with Crippen LogP contribution in [0.4, 0.5) is 18.9 Å². The molecule has 2 aromatic carbocycles. The van der Waals surface area contributed by atoms with Gasteiger partial charge < -0.3 is 5.32 Å². The lowest BCUT2D eigenvalue weighted by Gasteiger charge is -2.08. The van der Waals surface area contributed by atoms with Crippen LogP contribution in [0.25, 0.3) is 16.9 Å². The monoisotopic (exact) mass is 461 g/mol. The van der Waals surface area contributed by atoms with Crippen molar-refractivity contribution in [2.24, 2.45) is 5.14 Å². The number of carbonyl (C=O) groups excluding carboxylic acids is 1. The standard InChI is InChI=1S/C20H14F3N5O3S/c21-20(22,23)13-6-4-12(5-7-13)17-8-9-28-18(27-17)16(11-25-28)19(29)26-14-2-1-3-15(10-14)32(24,30)31/h1-11H,(H,26,29)(H2,24,30,31). The average Bonchev–Trinajstić information content (AvgIpc) is 3.16. The van der Waals surface area contributed by atoms with Gasteiger partial charge in [-0.25, -0.2) is 23.1 Å². The Morgan fingerprint density at radius 1 is 1.06 bits per heavy atom. The minimum atomic E-state index is -4.45. The number of nitrogens with one attached hydrogen (secondary N) is 1. The van der Waals surface area contributed by atoms with Gasteiger partial charge >= 0.3 is 6.18 Å². The first-order valence-electron chi connectivity index (χ1n) is 8.98. The molecule has 0 saturated carbocycles. The van der Waals surface area contributed by atoms with Crippen LogP contribution in [-0.4, -0.2) is 28.9 Å². The minimum Gasteiger partial charge on any atom is -0.322 e. The number of hydrogen-bond acceptors (Lipinski definition) is 5. The Morgan fingerprint density at radius 3 is 2.44 bits per heavy atom. The fourth-order valence-electron chi connectivity index (χ4n) is 2.97. The summed E-state index contributed by atoms with van der Waals surface area (Å²) < 4.78 is 62.7. The van der Waals surface area contributed by atoms with Crippen molar-refractivity contribution in [3.8, 4) is 11.3 Å². The number of sulfonamides is 1. The third-order valence-electron chi connectivity index (χ3n) is 4.54. The Morgan fingerprint density at radius 2 is 1.78 bits per heavy atom. The van der Waals surface area contributed by atoms with Gasteiger partial charge in [-0.3, -0.25) is 4.79 Å². The number of alkyl halides is 3. The Bertz CT molecular complexity index is 1430. The lowest BCUT2D eigenvalue weighted by Crippen LogP contribution is -2.15. The number of fused-ring (bicyclic) bond motifs is 1. The van der Waals surface area contributed by atoms with Crippen molar-refractivity contribution < 1.29 is 26.4 Å². The molecular weight excluding hydrogens is 447 g/mol. The first-order valence-corrected chi connectivity index (χ1v) is 10.5. The molecule has 0 spiro atoms. The highest BCUT2D eigenvalue weighted by atomic mass is 32.2. The van der Waals surface area contributed by atoms with Gasteiger partial charge in [0, 0.05) is 17.4 Å². The van der Waals surface area contributed by atoms with Crippen LogP contribution >= 0.6 is 0 Å². The van der Waals surface area contributed by atoms with Crippen molar-refractivity contribution in [2.75, 3.05) is 5.32 Å². The van der Waals surface area contributed by atoms with E-state index in [1.165, 1.54) is 53.3 Å². The average molecular weight is 461 g/mol. The van der Waals surface area contributed by atoms with Crippen LogP contribution in [0.1, 0.15) is 15.9 Å². The second-order valence-corrected chi connectivity index (χ2v) is 8.30. The van der Waals surface area contributed by atoms with Crippen LogP contribution in [0.15, 0.2) is 71.9 Å². The molecular formula is C20H14F3N5O3S. The SMILES string of the molecule is NS(=O)(=O)c1cccc(NC(=O)c2cnn3ccc(-c4ccc(C(F)(F)F)cc4)nc23)c1. The second kappa shape index (κ2) is 7.73. The van der Waals surface area contributed by atoms with Crippen molar-refractivity contribution in [1.82, 2.24) is 14.6 Å². The van der Waals surface area contributed by atoms with E-state index >= 15 is 0 Å². The summed E-state index contributed by atoms with van der Waals surface area (Å²) in [5, 5.41) is 11.7. The summed E-state index contributed by atoms with van der Waals surface area (Å²) in [6, 6.07) is 11.4. The Kier molecular flexibility index (Phi) is 5.18. The highest BCUT2D eigenvalue weighted by Gasteiger charge is 2.30. The van der Waals surface area contributed by atoms with Crippen LogP contribution in [-0.2, 0) is 16.2 Å². The molecule has 0 radical (unpaired) electrons. The van der Waals surface area contributed by atoms with Gasteiger partial charge in [0.15, 0.2) is 5.65 Å². The third kappa shape index (κ3) is 4.31. The van der Waals surface area contributed by atoms with E-state index in [1.54, 1.807) is 6.07 Å². The van der Waals surface area contributed by atoms with Crippen molar-refractivity contribution >= 4 is 27.3 Å². The van der Waals surface area contributed by atoms with E-state index in [4.69, 9.17) is 5.14 Å². The molecule has 164 valence electrons. The molecule has 0 fully saturated rings. The molecule has 0 atom stereocenters. The highest BCUT2D eigenvalue weighted by molar-refractivity contribution is 7.89. The number of halogens is 3. The van der Waals surface area contributed by atoms with Crippen LogP contribution in [0, 0.1) is 0 Å². The van der Waals surface area contributed by atoms with Gasteiger partial charge in [-0.2, -0.15) is 18.3 Å². The number of aromatic nitrogens is 3. The predicted octanol–water partition coefficient (Wildman–Crippen LogP) is 3.31. The molecule has 3 N–H and O–H groups in total. The number of carbonyl (C=O) groups is 1. The summed E-state index contributed by atoms with van der Waals surface area (Å²) in [7, 11) is -3.95. The van der Waals surface area contributed by atoms with Gasteiger partial charge in [-0.05, 0) is 36.4 Å². The zero-order chi connectivity index (χ0) is 23.1. The van der Waals surface area contributed by atoms with Crippen molar-refractivity contribution in [1.29, 1.82) is 0 Å². The first-order chi connectivity index (χ1) is 15.0. The van der Waals surface area contributed by atoms with Crippen LogP contribution < -0.4 is 10.5 Å². The highest BCUT2D eigenvalue weighted by Crippen LogP contribution is 2.30. The normalized spacial score (nSPS) is 12.1. The summed E-state index contributed by atoms with van der Waals surface area (Å²) in [5.74, 6) is -0.608. The molecule has 0 bridgehead atoms. The van der Waals surface area contributed by atoms with Crippen molar-refractivity contribution in [3.63, 3.8) is 0 Å². The molecule has 0 saturated heterocycles. The Hall–Kier alpha value is -3.77. The van der Waals surface area contributed by atoms with Gasteiger partial charge in [0.25, 0.3) is 5.91 Å². The summed E-state index contributed by atoms with van der Waals surface area (Å²) in [5.41, 5.74) is 0.432. The molecule has 2 heterocycles. The van der Waals surface area contributed by atoms with E-state index in [0.717, 1.165) is 12.1 Å². The van der Waals surface area contributed by atoms with Crippen molar-refractivity contribution in [3.05, 3.63) is 78.1 Å². The van der Waals surface area contributed by atoms with Crippen LogP contribution in [0.5, 0.6) is 0 Å². The van der Waals surface area contributed by atoms with Gasteiger partial charge in [0.05, 0.1) is 22.3 Å². The van der Waals surface area contributed by atoms with Crippen molar-refractivity contribution in [2.45, 2.75) is 11.1 Å². The Labute approximate surface area is 179 Å². The van der Waals surface area contributed by atoms with E-state index in [1.807, 2.05) is 0 Å². The molecule has 0 aliphatic heterocycles. The molecule has 4 rings (SSSR count). The van der Waals surface area contributed by atoms with Gasteiger partial charge in [0.2, 0.25) is 10.0 Å². The number of amides is 1. The molecule has 32 heavy (non-hydrogen) atoms. The molecule has 8 nitrogen and oxygen atoms in total. The molecule has 0 aliphatic rings. The predicted molar refractivity (Wildman–Crippen MR) is 109 cm³/mol. The lowest BCUT2D eigenvalue weighted by atomic mass is 10.1. The quantitative estimate of drug-likeness (QED) is 0.483. The van der Waals surface area contributed by atoms with Crippen LogP contribution in [0.3, 0.4) is 0 Å². The first kappa shape index (κ1) is 21.5. The smallest absolute Gasteiger partial charge is 0.322 e. The van der Waals surface area contributed by atoms with Gasteiger partial charge in [-0.15, -0.1) is 0 Å². The lowest BCUT2D eigenvalue weighted by molar-refractivity contribution is -0.137. The molecule has 1 amide bonds. The summed E-state index contributed by atoms with van der Waals surface area (Å²) in [6.07, 6.45) is -1.65. The summed E-state index contributed by atoms with van der Waals surface area (Å²) in [6.45, 7) is 0. The number of hydrogen-bond donors (Lipinski definition) is 2. The maximum absolute atomic E-state index is 12.8. The topological polar surface area (TPSA) is 119 Å². The summed E-state index contributed by atoms with van der Waals surface area (Å²) >= 11 is 0. The van der Waals surface area contributed by atoms with Crippen LogP contribution in [0.2, 0.25) is 0 Å². The maximum atomic E-state index is 12.8. The van der Waals surface area contributed by atoms with E-state index in [9.17, 15) is 26.4 Å². The number of nitrogens with zero attached hydrogens (tertiary/aromatic N) is 3. The van der Waals surface area contributed by atoms with E-state index in [-0.39, 0.29) is 21.8 Å². The third-order valence-corrected chi connectivity index (χ3v) is 5.45. The molecule has 12 heteroatoms. The van der Waals surface area contributed by atoms with E-state index in [0.29, 0.717) is 11.3 Å². The fourth-order valence-corrected chi connectivity index (χ4v) is 3.53. The zero-order valence-corrected chi connectivity index (χ0v) is 16.9. The van der Waals surface area contributed by atoms with Gasteiger partial charge in [-0.1, -0.05) is 18.2 Å². The molecule has 4 aromatic rings. The minimum absolute atomic E-state index is 0.0831. The maximum Gasteiger partial charge on any atom is 0.416 e. The number of anilines is 1. The second-order valence-electron chi connectivity index (χ2n) is 6.74. The zero-order valence-electron chi connectivity index (χ0n) is 16.0. The number of rotatable bonds is 4. The van der Waals surface area contributed by atoms with E-state index in [2.05, 4.69) is 15.4 Å². The molecule has 2 aromatic heterocycles. The fraction of sp³-hybridized carbons (Fsp3) is 0.0500. The number of primary sulfonamides is 1. The Balaban J connectivity index is 1.65. The number of nitrogens with two attached hydrogens (primary N) is 1. The summed E-state index contributed by atoms with van der Waals surface area (Å²) in [4.78, 5) is 16.9. The van der Waals surface area contributed by atoms with Gasteiger partial charge in [0.1, 0.15) is 5.56 Å². The largest absolute Gasteiger partial charge is 0.416 e. The molecule has 0 unspecified atom stereocenters. The molecule has 0 aliphatic carbocycles.